The highest BCUT2D eigenvalue weighted by Gasteiger charge is 2.22. The van der Waals surface area contributed by atoms with Crippen LogP contribution in [0.5, 0.6) is 0 Å². The average Bonchev–Trinajstić information content (AvgIpc) is 2.29. The Bertz CT molecular complexity index is 499. The van der Waals surface area contributed by atoms with Crippen molar-refractivity contribution in [2.24, 2.45) is 5.73 Å². The van der Waals surface area contributed by atoms with Crippen LogP contribution in [0.25, 0.3) is 0 Å². The molecule has 2 unspecified atom stereocenters. The molecule has 0 spiro atoms. The lowest BCUT2D eigenvalue weighted by atomic mass is 9.86. The van der Waals surface area contributed by atoms with E-state index in [9.17, 15) is 8.42 Å². The lowest BCUT2D eigenvalue weighted by Gasteiger charge is -2.29. The second-order valence-corrected chi connectivity index (χ2v) is 6.51. The summed E-state index contributed by atoms with van der Waals surface area (Å²) >= 11 is 0. The molecule has 0 radical (unpaired) electrons. The van der Waals surface area contributed by atoms with Crippen molar-refractivity contribution in [3.63, 3.8) is 0 Å². The molecular formula is C12H19N3O2S. The molecule has 1 heterocycles. The Morgan fingerprint density at radius 2 is 2.00 bits per heavy atom. The second kappa shape index (κ2) is 5.26. The molecular weight excluding hydrogens is 250 g/mol. The minimum Gasteiger partial charge on any atom is -0.326 e. The molecule has 5 nitrogen and oxygen atoms in total. The van der Waals surface area contributed by atoms with E-state index in [1.165, 1.54) is 5.56 Å². The molecule has 1 aliphatic heterocycles. The molecule has 1 saturated heterocycles. The Balaban J connectivity index is 2.12. The molecule has 0 aromatic heterocycles. The van der Waals surface area contributed by atoms with Gasteiger partial charge in [0.05, 0.1) is 6.26 Å². The Morgan fingerprint density at radius 3 is 2.56 bits per heavy atom. The summed E-state index contributed by atoms with van der Waals surface area (Å²) in [7, 11) is -3.21. The van der Waals surface area contributed by atoms with E-state index in [0.717, 1.165) is 25.8 Å². The molecule has 0 amide bonds. The number of nitrogens with two attached hydrogens (primary N) is 1. The smallest absolute Gasteiger partial charge is 0.229 e. The fourth-order valence-corrected chi connectivity index (χ4v) is 2.87. The first kappa shape index (κ1) is 13.3. The van der Waals surface area contributed by atoms with Crippen molar-refractivity contribution in [1.29, 1.82) is 0 Å². The second-order valence-electron chi connectivity index (χ2n) is 4.76. The summed E-state index contributed by atoms with van der Waals surface area (Å²) in [5.41, 5.74) is 7.83. The molecule has 18 heavy (non-hydrogen) atoms. The summed E-state index contributed by atoms with van der Waals surface area (Å²) in [6.07, 6.45) is 2.16. The van der Waals surface area contributed by atoms with Crippen molar-refractivity contribution in [2.75, 3.05) is 24.1 Å². The first-order valence-corrected chi connectivity index (χ1v) is 7.89. The lowest BCUT2D eigenvalue weighted by molar-refractivity contribution is 0.403. The largest absolute Gasteiger partial charge is 0.326 e. The van der Waals surface area contributed by atoms with Crippen LogP contribution in [-0.4, -0.2) is 33.8 Å². The van der Waals surface area contributed by atoms with Crippen LogP contribution in [0.1, 0.15) is 17.9 Å². The number of piperidine rings is 1. The molecule has 0 saturated carbocycles. The van der Waals surface area contributed by atoms with Crippen LogP contribution >= 0.6 is 0 Å². The lowest BCUT2D eigenvalue weighted by Crippen LogP contribution is -2.44. The van der Waals surface area contributed by atoms with Crippen LogP contribution in [0, 0.1) is 0 Å². The van der Waals surface area contributed by atoms with Crippen molar-refractivity contribution in [3.8, 4) is 0 Å². The number of anilines is 1. The van der Waals surface area contributed by atoms with Gasteiger partial charge in [-0.2, -0.15) is 0 Å². The fourth-order valence-electron chi connectivity index (χ4n) is 2.31. The highest BCUT2D eigenvalue weighted by molar-refractivity contribution is 7.92. The van der Waals surface area contributed by atoms with Crippen molar-refractivity contribution in [2.45, 2.75) is 18.4 Å². The molecule has 2 atom stereocenters. The summed E-state index contributed by atoms with van der Waals surface area (Å²) in [5, 5.41) is 3.26. The van der Waals surface area contributed by atoms with E-state index in [-0.39, 0.29) is 6.04 Å². The predicted octanol–water partition coefficient (Wildman–Crippen LogP) is 0.462. The summed E-state index contributed by atoms with van der Waals surface area (Å²) < 4.78 is 24.7. The minimum absolute atomic E-state index is 0.118. The van der Waals surface area contributed by atoms with E-state index in [4.69, 9.17) is 5.73 Å². The zero-order valence-electron chi connectivity index (χ0n) is 10.4. The maximum Gasteiger partial charge on any atom is 0.229 e. The SMILES string of the molecule is CS(=O)(=O)Nc1ccc(C2CCNCC2N)cc1. The topological polar surface area (TPSA) is 84.2 Å². The van der Waals surface area contributed by atoms with Crippen molar-refractivity contribution in [1.82, 2.24) is 5.32 Å². The van der Waals surface area contributed by atoms with Crippen LogP contribution in [0.3, 0.4) is 0 Å². The highest BCUT2D eigenvalue weighted by Crippen LogP contribution is 2.25. The van der Waals surface area contributed by atoms with Gasteiger partial charge in [0.1, 0.15) is 0 Å². The Kier molecular flexibility index (Phi) is 3.89. The Morgan fingerprint density at radius 1 is 1.33 bits per heavy atom. The maximum atomic E-state index is 11.1. The number of sulfonamides is 1. The third kappa shape index (κ3) is 3.44. The monoisotopic (exact) mass is 269 g/mol. The first-order valence-electron chi connectivity index (χ1n) is 6.00. The van der Waals surface area contributed by atoms with Crippen molar-refractivity contribution < 1.29 is 8.42 Å². The standard InChI is InChI=1S/C12H19N3O2S/c1-18(16,17)15-10-4-2-9(3-5-10)11-6-7-14-8-12(11)13/h2-5,11-12,14-15H,6-8,13H2,1H3. The molecule has 1 fully saturated rings. The van der Waals surface area contributed by atoms with Gasteiger partial charge in [0.15, 0.2) is 0 Å². The summed E-state index contributed by atoms with van der Waals surface area (Å²) in [4.78, 5) is 0. The molecule has 2 rings (SSSR count). The van der Waals surface area contributed by atoms with E-state index in [1.54, 1.807) is 12.1 Å². The molecule has 1 aromatic rings. The van der Waals surface area contributed by atoms with Crippen molar-refractivity contribution >= 4 is 15.7 Å². The number of hydrogen-bond donors (Lipinski definition) is 3. The van der Waals surface area contributed by atoms with Gasteiger partial charge in [-0.3, -0.25) is 4.72 Å². The van der Waals surface area contributed by atoms with E-state index in [2.05, 4.69) is 10.0 Å². The first-order chi connectivity index (χ1) is 8.46. The van der Waals surface area contributed by atoms with E-state index in [1.807, 2.05) is 12.1 Å². The Labute approximate surface area is 108 Å². The van der Waals surface area contributed by atoms with E-state index in [0.29, 0.717) is 11.6 Å². The van der Waals surface area contributed by atoms with Gasteiger partial charge in [0, 0.05) is 24.2 Å². The van der Waals surface area contributed by atoms with Crippen LogP contribution < -0.4 is 15.8 Å². The van der Waals surface area contributed by atoms with Gasteiger partial charge in [-0.05, 0) is 30.7 Å². The van der Waals surface area contributed by atoms with E-state index < -0.39 is 10.0 Å². The van der Waals surface area contributed by atoms with Gasteiger partial charge in [-0.1, -0.05) is 12.1 Å². The van der Waals surface area contributed by atoms with Gasteiger partial charge in [0.2, 0.25) is 10.0 Å². The van der Waals surface area contributed by atoms with Crippen molar-refractivity contribution in [3.05, 3.63) is 29.8 Å². The molecule has 0 bridgehead atoms. The number of benzene rings is 1. The van der Waals surface area contributed by atoms with Gasteiger partial charge in [0.25, 0.3) is 0 Å². The molecule has 100 valence electrons. The summed E-state index contributed by atoms with van der Waals surface area (Å²) in [6.45, 7) is 1.80. The van der Waals surface area contributed by atoms with Crippen LogP contribution in [-0.2, 0) is 10.0 Å². The maximum absolute atomic E-state index is 11.1. The van der Waals surface area contributed by atoms with Crippen LogP contribution in [0.15, 0.2) is 24.3 Å². The highest BCUT2D eigenvalue weighted by atomic mass is 32.2. The minimum atomic E-state index is -3.21. The van der Waals surface area contributed by atoms with E-state index >= 15 is 0 Å². The van der Waals surface area contributed by atoms with Crippen LogP contribution in [0.4, 0.5) is 5.69 Å². The number of nitrogens with one attached hydrogen (secondary N) is 2. The normalized spacial score (nSPS) is 24.8. The fraction of sp³-hybridized carbons (Fsp3) is 0.500. The third-order valence-electron chi connectivity index (χ3n) is 3.17. The molecule has 0 aliphatic carbocycles. The average molecular weight is 269 g/mol. The third-order valence-corrected chi connectivity index (χ3v) is 3.78. The number of hydrogen-bond acceptors (Lipinski definition) is 4. The summed E-state index contributed by atoms with van der Waals surface area (Å²) in [5.74, 6) is 0.346. The van der Waals surface area contributed by atoms with Gasteiger partial charge < -0.3 is 11.1 Å². The van der Waals surface area contributed by atoms with Gasteiger partial charge in [-0.15, -0.1) is 0 Å². The molecule has 1 aromatic carbocycles. The molecule has 4 N–H and O–H groups in total. The quantitative estimate of drug-likeness (QED) is 0.744. The van der Waals surface area contributed by atoms with Crippen LogP contribution in [0.2, 0.25) is 0 Å². The zero-order chi connectivity index (χ0) is 13.2. The molecule has 6 heteroatoms. The summed E-state index contributed by atoms with van der Waals surface area (Å²) in [6, 6.07) is 7.58. The predicted molar refractivity (Wildman–Crippen MR) is 73.1 cm³/mol. The van der Waals surface area contributed by atoms with Gasteiger partial charge in [-0.25, -0.2) is 8.42 Å². The zero-order valence-corrected chi connectivity index (χ0v) is 11.2. The number of rotatable bonds is 3. The molecule has 1 aliphatic rings. The van der Waals surface area contributed by atoms with Gasteiger partial charge >= 0.3 is 0 Å². The Hall–Kier alpha value is -1.11.